The fourth-order valence-electron chi connectivity index (χ4n) is 2.33. The number of rotatable bonds is 8. The smallest absolute Gasteiger partial charge is 0.161 e. The summed E-state index contributed by atoms with van der Waals surface area (Å²) in [6.45, 7) is 3.29. The van der Waals surface area contributed by atoms with Gasteiger partial charge in [-0.3, -0.25) is 5.32 Å². The molecule has 108 valence electrons. The Hall–Kier alpha value is -1.73. The molecule has 4 nitrogen and oxygen atoms in total. The highest BCUT2D eigenvalue weighted by molar-refractivity contribution is 5.39. The zero-order valence-electron chi connectivity index (χ0n) is 12.2. The number of nitrogens with one attached hydrogen (secondary N) is 1. The molecule has 0 aromatic heterocycles. The lowest BCUT2D eigenvalue weighted by atomic mass is 9.96. The van der Waals surface area contributed by atoms with Gasteiger partial charge in [0.15, 0.2) is 11.5 Å². The van der Waals surface area contributed by atoms with Crippen molar-refractivity contribution in [3.05, 3.63) is 24.3 Å². The van der Waals surface area contributed by atoms with E-state index in [0.717, 1.165) is 25.8 Å². The molecule has 0 saturated heterocycles. The SMILES string of the molecule is CCCNC(C#N)(COc1ccccc1OC)C1CC1. The highest BCUT2D eigenvalue weighted by Crippen LogP contribution is 2.40. The van der Waals surface area contributed by atoms with E-state index in [0.29, 0.717) is 24.0 Å². The van der Waals surface area contributed by atoms with Crippen LogP contribution in [0.1, 0.15) is 26.2 Å². The largest absolute Gasteiger partial charge is 0.493 e. The average molecular weight is 274 g/mol. The monoisotopic (exact) mass is 274 g/mol. The molecule has 0 radical (unpaired) electrons. The summed E-state index contributed by atoms with van der Waals surface area (Å²) in [5.74, 6) is 1.79. The summed E-state index contributed by atoms with van der Waals surface area (Å²) in [6, 6.07) is 9.98. The molecule has 0 amide bonds. The predicted octanol–water partition coefficient (Wildman–Crippen LogP) is 2.75. The lowest BCUT2D eigenvalue weighted by Crippen LogP contribution is -2.51. The number of benzene rings is 1. The van der Waals surface area contributed by atoms with Gasteiger partial charge in [-0.25, -0.2) is 0 Å². The molecule has 1 N–H and O–H groups in total. The third-order valence-electron chi connectivity index (χ3n) is 3.69. The lowest BCUT2D eigenvalue weighted by molar-refractivity contribution is 0.196. The van der Waals surface area contributed by atoms with E-state index >= 15 is 0 Å². The van der Waals surface area contributed by atoms with Gasteiger partial charge in [0.1, 0.15) is 12.1 Å². The minimum absolute atomic E-state index is 0.356. The van der Waals surface area contributed by atoms with Gasteiger partial charge in [-0.2, -0.15) is 5.26 Å². The number of methoxy groups -OCH3 is 1. The molecule has 1 fully saturated rings. The van der Waals surface area contributed by atoms with Gasteiger partial charge in [-0.15, -0.1) is 0 Å². The molecule has 0 aliphatic heterocycles. The Kier molecular flexibility index (Phi) is 4.86. The summed E-state index contributed by atoms with van der Waals surface area (Å²) in [5.41, 5.74) is -0.573. The second kappa shape index (κ2) is 6.62. The maximum atomic E-state index is 9.59. The van der Waals surface area contributed by atoms with E-state index < -0.39 is 5.54 Å². The molecular weight excluding hydrogens is 252 g/mol. The first kappa shape index (κ1) is 14.7. The second-order valence-electron chi connectivity index (χ2n) is 5.22. The highest BCUT2D eigenvalue weighted by Gasteiger charge is 2.46. The Morgan fingerprint density at radius 2 is 2.05 bits per heavy atom. The van der Waals surface area contributed by atoms with Crippen molar-refractivity contribution < 1.29 is 9.47 Å². The standard InChI is InChI=1S/C16H22N2O2/c1-3-10-18-16(11-17,13-8-9-13)12-20-15-7-5-4-6-14(15)19-2/h4-7,13,18H,3,8-10,12H2,1-2H3. The van der Waals surface area contributed by atoms with Crippen LogP contribution in [0.25, 0.3) is 0 Å². The number of ether oxygens (including phenoxy) is 2. The molecule has 1 aromatic rings. The molecule has 20 heavy (non-hydrogen) atoms. The second-order valence-corrected chi connectivity index (χ2v) is 5.22. The van der Waals surface area contributed by atoms with Crippen LogP contribution in [0.2, 0.25) is 0 Å². The summed E-state index contributed by atoms with van der Waals surface area (Å²) in [6.07, 6.45) is 3.20. The quantitative estimate of drug-likeness (QED) is 0.792. The van der Waals surface area contributed by atoms with Crippen molar-refractivity contribution in [1.82, 2.24) is 5.32 Å². The minimum atomic E-state index is -0.573. The molecule has 1 saturated carbocycles. The van der Waals surface area contributed by atoms with Crippen LogP contribution in [0.4, 0.5) is 0 Å². The Labute approximate surface area is 120 Å². The van der Waals surface area contributed by atoms with Crippen LogP contribution in [-0.4, -0.2) is 25.8 Å². The Morgan fingerprint density at radius 1 is 1.35 bits per heavy atom. The van der Waals surface area contributed by atoms with Gasteiger partial charge in [-0.05, 0) is 43.9 Å². The molecule has 1 aliphatic rings. The van der Waals surface area contributed by atoms with Crippen LogP contribution < -0.4 is 14.8 Å². The van der Waals surface area contributed by atoms with Gasteiger partial charge < -0.3 is 9.47 Å². The van der Waals surface area contributed by atoms with Gasteiger partial charge in [-0.1, -0.05) is 19.1 Å². The van der Waals surface area contributed by atoms with Crippen molar-refractivity contribution in [3.63, 3.8) is 0 Å². The molecule has 0 bridgehead atoms. The van der Waals surface area contributed by atoms with Crippen LogP contribution in [-0.2, 0) is 0 Å². The van der Waals surface area contributed by atoms with Crippen molar-refractivity contribution in [1.29, 1.82) is 5.26 Å². The third kappa shape index (κ3) is 3.23. The maximum absolute atomic E-state index is 9.59. The van der Waals surface area contributed by atoms with Crippen molar-refractivity contribution in [2.45, 2.75) is 31.7 Å². The zero-order valence-corrected chi connectivity index (χ0v) is 12.2. The fourth-order valence-corrected chi connectivity index (χ4v) is 2.33. The van der Waals surface area contributed by atoms with Crippen LogP contribution in [0.3, 0.4) is 0 Å². The molecule has 2 rings (SSSR count). The van der Waals surface area contributed by atoms with Crippen LogP contribution in [0.5, 0.6) is 11.5 Å². The molecular formula is C16H22N2O2. The third-order valence-corrected chi connectivity index (χ3v) is 3.69. The first-order valence-electron chi connectivity index (χ1n) is 7.18. The summed E-state index contributed by atoms with van der Waals surface area (Å²) in [4.78, 5) is 0. The molecule has 1 aliphatic carbocycles. The number of nitrogens with zero attached hydrogens (tertiary/aromatic N) is 1. The van der Waals surface area contributed by atoms with E-state index in [-0.39, 0.29) is 0 Å². The van der Waals surface area contributed by atoms with Crippen LogP contribution >= 0.6 is 0 Å². The molecule has 0 heterocycles. The van der Waals surface area contributed by atoms with E-state index in [1.165, 1.54) is 0 Å². The first-order chi connectivity index (χ1) is 9.75. The number of hydrogen-bond donors (Lipinski definition) is 1. The van der Waals surface area contributed by atoms with Crippen molar-refractivity contribution in [2.24, 2.45) is 5.92 Å². The summed E-state index contributed by atoms with van der Waals surface area (Å²) >= 11 is 0. The van der Waals surface area contributed by atoms with Crippen molar-refractivity contribution in [3.8, 4) is 17.6 Å². The molecule has 1 atom stereocenters. The van der Waals surface area contributed by atoms with Gasteiger partial charge in [0.2, 0.25) is 0 Å². The van der Waals surface area contributed by atoms with E-state index in [4.69, 9.17) is 9.47 Å². The Bertz CT molecular complexity index is 480. The Morgan fingerprint density at radius 3 is 2.60 bits per heavy atom. The fraction of sp³-hybridized carbons (Fsp3) is 0.562. The number of nitriles is 1. The summed E-state index contributed by atoms with van der Waals surface area (Å²) in [5, 5.41) is 13.0. The molecule has 4 heteroatoms. The van der Waals surface area contributed by atoms with E-state index in [1.807, 2.05) is 24.3 Å². The number of hydrogen-bond acceptors (Lipinski definition) is 4. The van der Waals surface area contributed by atoms with Crippen molar-refractivity contribution >= 4 is 0 Å². The van der Waals surface area contributed by atoms with Crippen LogP contribution in [0.15, 0.2) is 24.3 Å². The summed E-state index contributed by atoms with van der Waals surface area (Å²) < 4.78 is 11.1. The van der Waals surface area contributed by atoms with E-state index in [9.17, 15) is 5.26 Å². The predicted molar refractivity (Wildman–Crippen MR) is 77.9 cm³/mol. The first-order valence-corrected chi connectivity index (χ1v) is 7.18. The lowest BCUT2D eigenvalue weighted by Gasteiger charge is -2.28. The van der Waals surface area contributed by atoms with Gasteiger partial charge in [0.25, 0.3) is 0 Å². The highest BCUT2D eigenvalue weighted by atomic mass is 16.5. The zero-order chi connectivity index (χ0) is 14.4. The van der Waals surface area contributed by atoms with Gasteiger partial charge in [0, 0.05) is 0 Å². The molecule has 1 aromatic carbocycles. The minimum Gasteiger partial charge on any atom is -0.493 e. The topological polar surface area (TPSA) is 54.3 Å². The van der Waals surface area contributed by atoms with Crippen LogP contribution in [0, 0.1) is 17.2 Å². The molecule has 1 unspecified atom stereocenters. The summed E-state index contributed by atoms with van der Waals surface area (Å²) in [7, 11) is 1.62. The maximum Gasteiger partial charge on any atom is 0.161 e. The van der Waals surface area contributed by atoms with Crippen molar-refractivity contribution in [2.75, 3.05) is 20.3 Å². The Balaban J connectivity index is 2.07. The van der Waals surface area contributed by atoms with E-state index in [2.05, 4.69) is 18.3 Å². The number of para-hydroxylation sites is 2. The molecule has 0 spiro atoms. The average Bonchev–Trinajstić information content (AvgIpc) is 3.33. The van der Waals surface area contributed by atoms with E-state index in [1.54, 1.807) is 7.11 Å². The normalized spacial score (nSPS) is 17.1. The van der Waals surface area contributed by atoms with Gasteiger partial charge >= 0.3 is 0 Å². The van der Waals surface area contributed by atoms with Gasteiger partial charge in [0.05, 0.1) is 13.2 Å².